The summed E-state index contributed by atoms with van der Waals surface area (Å²) in [6.45, 7) is 1.86. The first-order valence-corrected chi connectivity index (χ1v) is 9.95. The first kappa shape index (κ1) is 17.8. The fraction of sp³-hybridized carbons (Fsp3) is 0.316. The van der Waals surface area contributed by atoms with Gasteiger partial charge in [-0.05, 0) is 37.6 Å². The summed E-state index contributed by atoms with van der Waals surface area (Å²) in [7, 11) is -3.88. The Morgan fingerprint density at radius 1 is 1.07 bits per heavy atom. The molecule has 27 heavy (non-hydrogen) atoms. The Bertz CT molecular complexity index is 980. The number of fused-ring (bicyclic) bond motifs is 3. The number of carbonyl (C=O) groups excluding carboxylic acids is 1. The standard InChI is InChI=1S/C19H18O7S/c1-12-2-4-14(5-3-12)27(21,22)24-11-13-10-23-17-8-7-16-15(19(17)25-13)6-9-18(20)26-16/h2-5,7-8,13H,6,9-11H2,1H3. The van der Waals surface area contributed by atoms with Gasteiger partial charge in [0, 0.05) is 5.56 Å². The van der Waals surface area contributed by atoms with E-state index in [1.165, 1.54) is 12.1 Å². The fourth-order valence-electron chi connectivity index (χ4n) is 2.97. The number of hydrogen-bond donors (Lipinski definition) is 0. The van der Waals surface area contributed by atoms with E-state index in [2.05, 4.69) is 0 Å². The quantitative estimate of drug-likeness (QED) is 0.450. The van der Waals surface area contributed by atoms with Crippen LogP contribution < -0.4 is 14.2 Å². The largest absolute Gasteiger partial charge is 0.486 e. The topological polar surface area (TPSA) is 88.1 Å². The second-order valence-electron chi connectivity index (χ2n) is 6.45. The van der Waals surface area contributed by atoms with E-state index in [0.717, 1.165) is 11.1 Å². The smallest absolute Gasteiger partial charge is 0.311 e. The van der Waals surface area contributed by atoms with Gasteiger partial charge in [0.05, 0.1) is 11.3 Å². The normalized spacial score (nSPS) is 18.6. The van der Waals surface area contributed by atoms with E-state index in [0.29, 0.717) is 23.7 Å². The minimum Gasteiger partial charge on any atom is -0.486 e. The van der Waals surface area contributed by atoms with Crippen LogP contribution in [0.4, 0.5) is 0 Å². The average Bonchev–Trinajstić information content (AvgIpc) is 2.66. The predicted molar refractivity (Wildman–Crippen MR) is 94.6 cm³/mol. The second kappa shape index (κ2) is 6.86. The molecule has 0 aliphatic carbocycles. The number of hydrogen-bond acceptors (Lipinski definition) is 7. The summed E-state index contributed by atoms with van der Waals surface area (Å²) in [5.74, 6) is 1.18. The molecule has 0 saturated heterocycles. The number of ether oxygens (including phenoxy) is 3. The van der Waals surface area contributed by atoms with Gasteiger partial charge in [-0.1, -0.05) is 17.7 Å². The zero-order valence-electron chi connectivity index (χ0n) is 14.6. The van der Waals surface area contributed by atoms with Gasteiger partial charge >= 0.3 is 5.97 Å². The van der Waals surface area contributed by atoms with Gasteiger partial charge in [-0.2, -0.15) is 8.42 Å². The third-order valence-corrected chi connectivity index (χ3v) is 5.71. The highest BCUT2D eigenvalue weighted by Gasteiger charge is 2.30. The Kier molecular flexibility index (Phi) is 4.53. The Morgan fingerprint density at radius 2 is 1.81 bits per heavy atom. The molecule has 1 unspecified atom stereocenters. The SMILES string of the molecule is Cc1ccc(S(=O)(=O)OCC2COc3ccc4c(c3O2)CCC(=O)O4)cc1. The molecule has 0 bridgehead atoms. The number of benzene rings is 2. The second-order valence-corrected chi connectivity index (χ2v) is 8.06. The average molecular weight is 390 g/mol. The molecule has 0 radical (unpaired) electrons. The zero-order chi connectivity index (χ0) is 19.0. The third-order valence-electron chi connectivity index (χ3n) is 4.41. The van der Waals surface area contributed by atoms with E-state index < -0.39 is 16.2 Å². The number of aryl methyl sites for hydroxylation is 1. The molecular formula is C19H18O7S. The first-order valence-electron chi connectivity index (χ1n) is 8.54. The van der Waals surface area contributed by atoms with E-state index in [9.17, 15) is 13.2 Å². The lowest BCUT2D eigenvalue weighted by molar-refractivity contribution is -0.135. The molecule has 2 heterocycles. The van der Waals surface area contributed by atoms with E-state index in [-0.39, 0.29) is 30.5 Å². The lowest BCUT2D eigenvalue weighted by Gasteiger charge is -2.29. The highest BCUT2D eigenvalue weighted by Crippen LogP contribution is 2.42. The van der Waals surface area contributed by atoms with Gasteiger partial charge in [0.25, 0.3) is 10.1 Å². The number of rotatable bonds is 4. The molecule has 1 atom stereocenters. The van der Waals surface area contributed by atoms with Crippen molar-refractivity contribution < 1.29 is 31.6 Å². The molecule has 142 valence electrons. The number of esters is 1. The van der Waals surface area contributed by atoms with Crippen molar-refractivity contribution in [1.82, 2.24) is 0 Å². The molecular weight excluding hydrogens is 372 g/mol. The molecule has 2 aromatic rings. The van der Waals surface area contributed by atoms with Gasteiger partial charge in [0.2, 0.25) is 0 Å². The Labute approximate surface area is 156 Å². The summed E-state index contributed by atoms with van der Waals surface area (Å²) in [6, 6.07) is 9.77. The van der Waals surface area contributed by atoms with Crippen molar-refractivity contribution in [3.63, 3.8) is 0 Å². The van der Waals surface area contributed by atoms with E-state index >= 15 is 0 Å². The van der Waals surface area contributed by atoms with Crippen LogP contribution in [0.2, 0.25) is 0 Å². The van der Waals surface area contributed by atoms with Crippen LogP contribution in [0.3, 0.4) is 0 Å². The van der Waals surface area contributed by atoms with E-state index in [4.69, 9.17) is 18.4 Å². The summed E-state index contributed by atoms with van der Waals surface area (Å²) in [4.78, 5) is 11.5. The van der Waals surface area contributed by atoms with Crippen LogP contribution in [0.25, 0.3) is 0 Å². The monoisotopic (exact) mass is 390 g/mol. The maximum absolute atomic E-state index is 12.3. The van der Waals surface area contributed by atoms with Crippen molar-refractivity contribution >= 4 is 16.1 Å². The zero-order valence-corrected chi connectivity index (χ0v) is 15.5. The highest BCUT2D eigenvalue weighted by atomic mass is 32.2. The molecule has 2 aromatic carbocycles. The molecule has 2 aliphatic heterocycles. The van der Waals surface area contributed by atoms with Gasteiger partial charge in [0.15, 0.2) is 17.6 Å². The van der Waals surface area contributed by atoms with Gasteiger partial charge in [-0.25, -0.2) is 0 Å². The van der Waals surface area contributed by atoms with E-state index in [1.54, 1.807) is 24.3 Å². The highest BCUT2D eigenvalue weighted by molar-refractivity contribution is 7.86. The summed E-state index contributed by atoms with van der Waals surface area (Å²) < 4.78 is 46.6. The molecule has 4 rings (SSSR count). The molecule has 0 N–H and O–H groups in total. The summed E-state index contributed by atoms with van der Waals surface area (Å²) in [5.41, 5.74) is 1.71. The predicted octanol–water partition coefficient (Wildman–Crippen LogP) is 2.39. The van der Waals surface area contributed by atoms with Crippen LogP contribution in [0.15, 0.2) is 41.3 Å². The van der Waals surface area contributed by atoms with Crippen LogP contribution in [0.1, 0.15) is 17.5 Å². The third kappa shape index (κ3) is 3.63. The summed E-state index contributed by atoms with van der Waals surface area (Å²) in [6.07, 6.45) is 0.146. The van der Waals surface area contributed by atoms with Crippen LogP contribution in [-0.2, 0) is 25.5 Å². The van der Waals surface area contributed by atoms with Crippen LogP contribution in [0.5, 0.6) is 17.2 Å². The maximum Gasteiger partial charge on any atom is 0.311 e. The molecule has 0 aromatic heterocycles. The van der Waals surface area contributed by atoms with E-state index in [1.807, 2.05) is 6.92 Å². The summed E-state index contributed by atoms with van der Waals surface area (Å²) >= 11 is 0. The van der Waals surface area contributed by atoms with Gasteiger partial charge < -0.3 is 14.2 Å². The molecule has 0 fully saturated rings. The molecule has 0 saturated carbocycles. The van der Waals surface area contributed by atoms with Crippen molar-refractivity contribution in [3.05, 3.63) is 47.5 Å². The molecule has 0 amide bonds. The Hall–Kier alpha value is -2.58. The van der Waals surface area contributed by atoms with Crippen molar-refractivity contribution in [2.75, 3.05) is 13.2 Å². The van der Waals surface area contributed by atoms with Crippen molar-refractivity contribution in [3.8, 4) is 17.2 Å². The molecule has 2 aliphatic rings. The molecule has 8 heteroatoms. The van der Waals surface area contributed by atoms with Crippen molar-refractivity contribution in [1.29, 1.82) is 0 Å². The number of carbonyl (C=O) groups is 1. The lowest BCUT2D eigenvalue weighted by Crippen LogP contribution is -2.35. The lowest BCUT2D eigenvalue weighted by atomic mass is 10.0. The molecule has 7 nitrogen and oxygen atoms in total. The minimum absolute atomic E-state index is 0.0921. The first-order chi connectivity index (χ1) is 12.9. The fourth-order valence-corrected chi connectivity index (χ4v) is 3.90. The van der Waals surface area contributed by atoms with Crippen LogP contribution >= 0.6 is 0 Å². The van der Waals surface area contributed by atoms with Gasteiger partial charge in [0.1, 0.15) is 19.0 Å². The Morgan fingerprint density at radius 3 is 2.59 bits per heavy atom. The minimum atomic E-state index is -3.88. The van der Waals surface area contributed by atoms with Gasteiger partial charge in [-0.15, -0.1) is 0 Å². The van der Waals surface area contributed by atoms with Crippen molar-refractivity contribution in [2.24, 2.45) is 0 Å². The van der Waals surface area contributed by atoms with Crippen molar-refractivity contribution in [2.45, 2.75) is 30.8 Å². The summed E-state index contributed by atoms with van der Waals surface area (Å²) in [5, 5.41) is 0. The van der Waals surface area contributed by atoms with Gasteiger partial charge in [-0.3, -0.25) is 8.98 Å². The maximum atomic E-state index is 12.3. The Balaban J connectivity index is 1.48. The van der Waals surface area contributed by atoms with Crippen LogP contribution in [0, 0.1) is 6.92 Å². The molecule has 0 spiro atoms. The van der Waals surface area contributed by atoms with Crippen LogP contribution in [-0.4, -0.2) is 33.7 Å².